The van der Waals surface area contributed by atoms with E-state index in [0.717, 1.165) is 21.9 Å². The molecule has 0 bridgehead atoms. The Morgan fingerprint density at radius 2 is 0.589 bits per heavy atom. The second-order valence-corrected chi connectivity index (χ2v) is 15.8. The van der Waals surface area contributed by atoms with E-state index in [4.69, 9.17) is 0 Å². The van der Waals surface area contributed by atoms with Gasteiger partial charge in [0, 0.05) is 0 Å². The fourth-order valence-electron chi connectivity index (χ4n) is 11.0. The zero-order chi connectivity index (χ0) is 37.1. The van der Waals surface area contributed by atoms with Gasteiger partial charge < -0.3 is 10.2 Å². The summed E-state index contributed by atoms with van der Waals surface area (Å²) in [5.41, 5.74) is 17.5. The first kappa shape index (κ1) is 30.2. The Kier molecular flexibility index (Phi) is 5.57. The molecule has 11 aromatic rings. The van der Waals surface area contributed by atoms with Crippen LogP contribution in [0.15, 0.2) is 146 Å². The van der Waals surface area contributed by atoms with Gasteiger partial charge in [-0.3, -0.25) is 0 Å². The lowest BCUT2D eigenvalue weighted by Crippen LogP contribution is -1.93. The SMILES string of the molecule is Cc1c2c(c(C)c3ccccc13)-c1ccc3c4ccc5c6c(ccc(c7ccc-2c1c73)c64)-c1c-5c(-c2ccc(O)cc2)c2ccccc2c1-c1ccc(O)cc1. The van der Waals surface area contributed by atoms with Gasteiger partial charge in [-0.25, -0.2) is 0 Å². The largest absolute Gasteiger partial charge is 0.508 e. The van der Waals surface area contributed by atoms with Gasteiger partial charge in [0.25, 0.3) is 0 Å². The molecule has 0 amide bonds. The van der Waals surface area contributed by atoms with Crippen LogP contribution in [-0.4, -0.2) is 10.2 Å². The maximum Gasteiger partial charge on any atom is 0.115 e. The molecule has 11 aromatic carbocycles. The second-order valence-electron chi connectivity index (χ2n) is 15.8. The third-order valence-corrected chi connectivity index (χ3v) is 13.2. The number of phenols is 2. The van der Waals surface area contributed by atoms with E-state index in [1.807, 2.05) is 24.3 Å². The van der Waals surface area contributed by atoms with E-state index in [2.05, 4.69) is 111 Å². The fourth-order valence-corrected chi connectivity index (χ4v) is 11.0. The predicted octanol–water partition coefficient (Wildman–Crippen LogP) is 14.7. The molecule has 2 aliphatic carbocycles. The van der Waals surface area contributed by atoms with Crippen LogP contribution < -0.4 is 0 Å². The van der Waals surface area contributed by atoms with Crippen LogP contribution in [-0.2, 0) is 0 Å². The molecule has 2 aliphatic rings. The Balaban J connectivity index is 1.18. The Bertz CT molecular complexity index is 3360. The summed E-state index contributed by atoms with van der Waals surface area (Å²) < 4.78 is 0. The highest BCUT2D eigenvalue weighted by Crippen LogP contribution is 2.61. The molecule has 0 aromatic heterocycles. The number of fused-ring (bicyclic) bond motifs is 10. The molecule has 13 rings (SSSR count). The maximum atomic E-state index is 10.4. The summed E-state index contributed by atoms with van der Waals surface area (Å²) in [4.78, 5) is 0. The van der Waals surface area contributed by atoms with E-state index in [9.17, 15) is 10.2 Å². The number of aryl methyl sites for hydroxylation is 2. The Labute approximate surface area is 322 Å². The third-order valence-electron chi connectivity index (χ3n) is 13.2. The molecule has 0 heterocycles. The van der Waals surface area contributed by atoms with Crippen LogP contribution in [0.25, 0.3) is 131 Å². The molecular formula is C54H32O2. The van der Waals surface area contributed by atoms with E-state index < -0.39 is 0 Å². The smallest absolute Gasteiger partial charge is 0.115 e. The standard InChI is InChI=1S/C54H32O2/c1-27-33-7-3-4-8-34(33)28(2)46-42-24-20-38-40-22-26-44-52-43(25-21-39(50(40)52)37-19-23-41(45(27)46)51(42)49(37)38)53-47(29-11-15-31(55)16-12-29)35-9-5-6-10-36(35)48(54(44)53)30-13-17-32(56)18-14-30/h3-26,55-56H,1-2H3. The summed E-state index contributed by atoms with van der Waals surface area (Å²) in [5.74, 6) is 0.504. The molecule has 2 nitrogen and oxygen atoms in total. The van der Waals surface area contributed by atoms with Crippen molar-refractivity contribution >= 4 is 64.6 Å². The van der Waals surface area contributed by atoms with Crippen molar-refractivity contribution in [2.45, 2.75) is 13.8 Å². The Morgan fingerprint density at radius 3 is 0.946 bits per heavy atom. The van der Waals surface area contributed by atoms with Gasteiger partial charge in [-0.2, -0.15) is 0 Å². The van der Waals surface area contributed by atoms with Gasteiger partial charge in [0.15, 0.2) is 0 Å². The Morgan fingerprint density at radius 1 is 0.268 bits per heavy atom. The molecule has 2 N–H and O–H groups in total. The molecule has 0 radical (unpaired) electrons. The molecule has 0 saturated heterocycles. The predicted molar refractivity (Wildman–Crippen MR) is 235 cm³/mol. The van der Waals surface area contributed by atoms with Crippen molar-refractivity contribution in [1.29, 1.82) is 0 Å². The molecule has 2 heteroatoms. The number of rotatable bonds is 2. The average molecular weight is 713 g/mol. The van der Waals surface area contributed by atoms with Crippen molar-refractivity contribution in [3.05, 3.63) is 157 Å². The van der Waals surface area contributed by atoms with Gasteiger partial charge in [-0.05, 0) is 181 Å². The van der Waals surface area contributed by atoms with Gasteiger partial charge in [0.1, 0.15) is 11.5 Å². The lowest BCUT2D eigenvalue weighted by molar-refractivity contribution is 0.475. The van der Waals surface area contributed by atoms with E-state index >= 15 is 0 Å². The van der Waals surface area contributed by atoms with E-state index in [0.29, 0.717) is 0 Å². The van der Waals surface area contributed by atoms with Gasteiger partial charge in [-0.15, -0.1) is 0 Å². The van der Waals surface area contributed by atoms with Gasteiger partial charge in [-0.1, -0.05) is 121 Å². The van der Waals surface area contributed by atoms with Crippen molar-refractivity contribution in [3.8, 4) is 78.3 Å². The zero-order valence-electron chi connectivity index (χ0n) is 30.8. The highest BCUT2D eigenvalue weighted by atomic mass is 16.3. The van der Waals surface area contributed by atoms with Crippen LogP contribution >= 0.6 is 0 Å². The van der Waals surface area contributed by atoms with E-state index in [1.165, 1.54) is 121 Å². The summed E-state index contributed by atoms with van der Waals surface area (Å²) >= 11 is 0. The number of hydrogen-bond donors (Lipinski definition) is 2. The van der Waals surface area contributed by atoms with Gasteiger partial charge in [0.05, 0.1) is 0 Å². The highest BCUT2D eigenvalue weighted by molar-refractivity contribution is 6.41. The van der Waals surface area contributed by atoms with Crippen LogP contribution in [0.4, 0.5) is 0 Å². The summed E-state index contributed by atoms with van der Waals surface area (Å²) in [7, 11) is 0. The lowest BCUT2D eigenvalue weighted by Gasteiger charge is -2.20. The maximum absolute atomic E-state index is 10.4. The minimum Gasteiger partial charge on any atom is -0.508 e. The van der Waals surface area contributed by atoms with Crippen molar-refractivity contribution in [3.63, 3.8) is 0 Å². The molecule has 56 heavy (non-hydrogen) atoms. The minimum absolute atomic E-state index is 0.252. The number of benzene rings is 11. The van der Waals surface area contributed by atoms with Crippen molar-refractivity contribution < 1.29 is 10.2 Å². The van der Waals surface area contributed by atoms with Gasteiger partial charge >= 0.3 is 0 Å². The molecule has 0 fully saturated rings. The molecule has 0 spiro atoms. The fraction of sp³-hybridized carbons (Fsp3) is 0.0370. The molecule has 0 unspecified atom stereocenters. The quantitative estimate of drug-likeness (QED) is 0.138. The molecule has 0 atom stereocenters. The first-order chi connectivity index (χ1) is 27.5. The van der Waals surface area contributed by atoms with Crippen LogP contribution in [0.3, 0.4) is 0 Å². The van der Waals surface area contributed by atoms with Crippen molar-refractivity contribution in [2.24, 2.45) is 0 Å². The minimum atomic E-state index is 0.252. The molecule has 260 valence electrons. The molecule has 0 aliphatic heterocycles. The number of hydrogen-bond acceptors (Lipinski definition) is 2. The van der Waals surface area contributed by atoms with Crippen molar-refractivity contribution in [1.82, 2.24) is 0 Å². The van der Waals surface area contributed by atoms with Crippen LogP contribution in [0, 0.1) is 13.8 Å². The summed E-state index contributed by atoms with van der Waals surface area (Å²) in [5, 5.41) is 36.2. The topological polar surface area (TPSA) is 40.5 Å². The summed E-state index contributed by atoms with van der Waals surface area (Å²) in [6.45, 7) is 4.60. The highest BCUT2D eigenvalue weighted by Gasteiger charge is 2.34. The van der Waals surface area contributed by atoms with Crippen LogP contribution in [0.5, 0.6) is 11.5 Å². The number of phenolic OH excluding ortho intramolecular Hbond substituents is 2. The van der Waals surface area contributed by atoms with Crippen LogP contribution in [0.2, 0.25) is 0 Å². The molecule has 0 saturated carbocycles. The average Bonchev–Trinajstić information content (AvgIpc) is 3.76. The van der Waals surface area contributed by atoms with Gasteiger partial charge in [0.2, 0.25) is 0 Å². The first-order valence-corrected chi connectivity index (χ1v) is 19.4. The third kappa shape index (κ3) is 3.54. The first-order valence-electron chi connectivity index (χ1n) is 19.4. The monoisotopic (exact) mass is 712 g/mol. The van der Waals surface area contributed by atoms with Crippen molar-refractivity contribution in [2.75, 3.05) is 0 Å². The summed E-state index contributed by atoms with van der Waals surface area (Å²) in [6, 6.07) is 51.9. The van der Waals surface area contributed by atoms with E-state index in [1.54, 1.807) is 24.3 Å². The Hall–Kier alpha value is -7.16. The zero-order valence-corrected chi connectivity index (χ0v) is 30.8. The molecular weight excluding hydrogens is 681 g/mol. The number of aromatic hydroxyl groups is 2. The van der Waals surface area contributed by atoms with E-state index in [-0.39, 0.29) is 11.5 Å². The normalized spacial score (nSPS) is 12.6. The summed E-state index contributed by atoms with van der Waals surface area (Å²) in [6.07, 6.45) is 0. The van der Waals surface area contributed by atoms with Crippen LogP contribution in [0.1, 0.15) is 11.1 Å². The lowest BCUT2D eigenvalue weighted by atomic mass is 9.82. The second kappa shape index (κ2) is 10.3.